The highest BCUT2D eigenvalue weighted by molar-refractivity contribution is 4.92. The average Bonchev–Trinajstić information content (AvgIpc) is 2.51. The van der Waals surface area contributed by atoms with Crippen LogP contribution in [0.15, 0.2) is 6.20 Å². The van der Waals surface area contributed by atoms with Gasteiger partial charge in [-0.1, -0.05) is 5.21 Å². The second-order valence-electron chi connectivity index (χ2n) is 3.23. The zero-order chi connectivity index (χ0) is 11.3. The minimum absolute atomic E-state index is 0.0227. The molecule has 1 heterocycles. The van der Waals surface area contributed by atoms with E-state index in [1.807, 2.05) is 0 Å². The molecule has 0 aliphatic rings. The van der Waals surface area contributed by atoms with Crippen molar-refractivity contribution in [2.75, 3.05) is 6.54 Å². The van der Waals surface area contributed by atoms with E-state index in [0.29, 0.717) is 18.7 Å². The normalized spacial score (nSPS) is 12.0. The molecule has 0 spiro atoms. The third-order valence-corrected chi connectivity index (χ3v) is 1.83. The minimum atomic E-state index is -4.10. The monoisotopic (exact) mass is 222 g/mol. The second-order valence-corrected chi connectivity index (χ2v) is 3.23. The Kier molecular flexibility index (Phi) is 4.07. The topological polar surface area (TPSA) is 56.7 Å². The number of aryl methyl sites for hydroxylation is 1. The van der Waals surface area contributed by atoms with Gasteiger partial charge in [-0.25, -0.2) is 0 Å². The molecule has 1 aromatic heterocycles. The molecule has 0 saturated carbocycles. The van der Waals surface area contributed by atoms with E-state index in [1.54, 1.807) is 6.20 Å². The zero-order valence-electron chi connectivity index (χ0n) is 8.17. The molecule has 1 rings (SSSR count). The number of rotatable bonds is 5. The fourth-order valence-corrected chi connectivity index (χ4v) is 1.15. The summed E-state index contributed by atoms with van der Waals surface area (Å²) < 4.78 is 36.9. The molecule has 4 nitrogen and oxygen atoms in total. The van der Waals surface area contributed by atoms with Crippen molar-refractivity contribution in [3.63, 3.8) is 0 Å². The van der Waals surface area contributed by atoms with Crippen LogP contribution < -0.4 is 5.73 Å². The van der Waals surface area contributed by atoms with Crippen molar-refractivity contribution in [3.8, 4) is 0 Å². The highest BCUT2D eigenvalue weighted by Gasteiger charge is 2.26. The minimum Gasteiger partial charge on any atom is -0.330 e. The third-order valence-electron chi connectivity index (χ3n) is 1.83. The summed E-state index contributed by atoms with van der Waals surface area (Å²) in [4.78, 5) is 0. The first kappa shape index (κ1) is 12.0. The Morgan fingerprint density at radius 2 is 2.13 bits per heavy atom. The van der Waals surface area contributed by atoms with E-state index in [9.17, 15) is 13.2 Å². The maximum atomic E-state index is 11.8. The van der Waals surface area contributed by atoms with Crippen LogP contribution >= 0.6 is 0 Å². The summed E-state index contributed by atoms with van der Waals surface area (Å²) in [6, 6.07) is 0. The molecule has 0 atom stereocenters. The first-order valence-corrected chi connectivity index (χ1v) is 4.67. The second kappa shape index (κ2) is 5.11. The van der Waals surface area contributed by atoms with Crippen LogP contribution in [0, 0.1) is 0 Å². The van der Waals surface area contributed by atoms with Crippen LogP contribution in [0.25, 0.3) is 0 Å². The molecule has 0 radical (unpaired) electrons. The van der Waals surface area contributed by atoms with Crippen molar-refractivity contribution in [1.29, 1.82) is 0 Å². The SMILES string of the molecule is NCCc1cn(CCCC(F)(F)F)nn1. The van der Waals surface area contributed by atoms with Gasteiger partial charge in [0.1, 0.15) is 0 Å². The van der Waals surface area contributed by atoms with Gasteiger partial charge in [-0.3, -0.25) is 4.68 Å². The summed E-state index contributed by atoms with van der Waals surface area (Å²) in [5, 5.41) is 7.47. The number of nitrogens with zero attached hydrogens (tertiary/aromatic N) is 3. The number of hydrogen-bond acceptors (Lipinski definition) is 3. The molecule has 0 aromatic carbocycles. The van der Waals surface area contributed by atoms with Crippen LogP contribution in [0.2, 0.25) is 0 Å². The van der Waals surface area contributed by atoms with E-state index in [-0.39, 0.29) is 13.0 Å². The van der Waals surface area contributed by atoms with E-state index in [1.165, 1.54) is 4.68 Å². The highest BCUT2D eigenvalue weighted by Crippen LogP contribution is 2.21. The molecule has 15 heavy (non-hydrogen) atoms. The maximum absolute atomic E-state index is 11.8. The van der Waals surface area contributed by atoms with E-state index in [0.717, 1.165) is 0 Å². The number of nitrogens with two attached hydrogens (primary N) is 1. The van der Waals surface area contributed by atoms with Crippen LogP contribution in [0.4, 0.5) is 13.2 Å². The summed E-state index contributed by atoms with van der Waals surface area (Å²) >= 11 is 0. The Hall–Kier alpha value is -1.11. The molecule has 86 valence electrons. The third kappa shape index (κ3) is 4.78. The summed E-state index contributed by atoms with van der Waals surface area (Å²) in [5.41, 5.74) is 6.01. The van der Waals surface area contributed by atoms with Gasteiger partial charge >= 0.3 is 6.18 Å². The Labute approximate surface area is 85.3 Å². The predicted octanol–water partition coefficient (Wildman–Crippen LogP) is 1.12. The van der Waals surface area contributed by atoms with E-state index in [4.69, 9.17) is 5.73 Å². The lowest BCUT2D eigenvalue weighted by Gasteiger charge is -2.04. The maximum Gasteiger partial charge on any atom is 0.389 e. The summed E-state index contributed by atoms with van der Waals surface area (Å²) in [5.74, 6) is 0. The van der Waals surface area contributed by atoms with Crippen molar-refractivity contribution in [2.45, 2.75) is 32.0 Å². The first-order valence-electron chi connectivity index (χ1n) is 4.67. The van der Waals surface area contributed by atoms with Crippen molar-refractivity contribution in [2.24, 2.45) is 5.73 Å². The van der Waals surface area contributed by atoms with Gasteiger partial charge in [0.25, 0.3) is 0 Å². The van der Waals surface area contributed by atoms with Gasteiger partial charge < -0.3 is 5.73 Å². The summed E-state index contributed by atoms with van der Waals surface area (Å²) in [6.07, 6.45) is -2.64. The Morgan fingerprint density at radius 1 is 1.40 bits per heavy atom. The lowest BCUT2D eigenvalue weighted by Crippen LogP contribution is -2.09. The average molecular weight is 222 g/mol. The molecule has 0 unspecified atom stereocenters. The highest BCUT2D eigenvalue weighted by atomic mass is 19.4. The van der Waals surface area contributed by atoms with Crippen molar-refractivity contribution < 1.29 is 13.2 Å². The van der Waals surface area contributed by atoms with Gasteiger partial charge in [0.15, 0.2) is 0 Å². The van der Waals surface area contributed by atoms with Crippen LogP contribution in [0.1, 0.15) is 18.5 Å². The van der Waals surface area contributed by atoms with Crippen LogP contribution in [0.3, 0.4) is 0 Å². The molecule has 0 aliphatic carbocycles. The molecule has 0 fully saturated rings. The van der Waals surface area contributed by atoms with Crippen LogP contribution in [-0.4, -0.2) is 27.7 Å². The molecule has 7 heteroatoms. The number of alkyl halides is 3. The molecule has 0 aliphatic heterocycles. The van der Waals surface area contributed by atoms with Gasteiger partial charge in [0, 0.05) is 25.6 Å². The predicted molar refractivity (Wildman–Crippen MR) is 48.1 cm³/mol. The van der Waals surface area contributed by atoms with Crippen molar-refractivity contribution >= 4 is 0 Å². The molecular weight excluding hydrogens is 209 g/mol. The van der Waals surface area contributed by atoms with Crippen molar-refractivity contribution in [3.05, 3.63) is 11.9 Å². The Morgan fingerprint density at radius 3 is 2.73 bits per heavy atom. The van der Waals surface area contributed by atoms with E-state index in [2.05, 4.69) is 10.3 Å². The number of halogens is 3. The lowest BCUT2D eigenvalue weighted by molar-refractivity contribution is -0.136. The van der Waals surface area contributed by atoms with Crippen LogP contribution in [-0.2, 0) is 13.0 Å². The van der Waals surface area contributed by atoms with E-state index < -0.39 is 12.6 Å². The van der Waals surface area contributed by atoms with Gasteiger partial charge in [-0.2, -0.15) is 13.2 Å². The van der Waals surface area contributed by atoms with Gasteiger partial charge in [0.2, 0.25) is 0 Å². The molecule has 2 N–H and O–H groups in total. The first-order chi connectivity index (χ1) is 7.01. The zero-order valence-corrected chi connectivity index (χ0v) is 8.17. The summed E-state index contributed by atoms with van der Waals surface area (Å²) in [6.45, 7) is 0.693. The van der Waals surface area contributed by atoms with Gasteiger partial charge in [-0.05, 0) is 13.0 Å². The fourth-order valence-electron chi connectivity index (χ4n) is 1.15. The molecule has 0 bridgehead atoms. The quantitative estimate of drug-likeness (QED) is 0.812. The smallest absolute Gasteiger partial charge is 0.330 e. The van der Waals surface area contributed by atoms with E-state index >= 15 is 0 Å². The molecular formula is C8H13F3N4. The van der Waals surface area contributed by atoms with Crippen molar-refractivity contribution in [1.82, 2.24) is 15.0 Å². The lowest BCUT2D eigenvalue weighted by atomic mass is 10.3. The fraction of sp³-hybridized carbons (Fsp3) is 0.750. The summed E-state index contributed by atoms with van der Waals surface area (Å²) in [7, 11) is 0. The molecule has 1 aromatic rings. The number of aromatic nitrogens is 3. The Bertz CT molecular complexity index is 294. The largest absolute Gasteiger partial charge is 0.389 e. The standard InChI is InChI=1S/C8H13F3N4/c9-8(10,11)3-1-5-15-6-7(2-4-12)13-14-15/h6H,1-5,12H2. The van der Waals surface area contributed by atoms with Gasteiger partial charge in [-0.15, -0.1) is 5.10 Å². The van der Waals surface area contributed by atoms with Gasteiger partial charge in [0.05, 0.1) is 5.69 Å². The Balaban J connectivity index is 2.31. The molecule has 0 saturated heterocycles. The molecule has 0 amide bonds. The number of hydrogen-bond donors (Lipinski definition) is 1. The van der Waals surface area contributed by atoms with Crippen LogP contribution in [0.5, 0.6) is 0 Å².